The molecule has 0 radical (unpaired) electrons. The monoisotopic (exact) mass is 275 g/mol. The fourth-order valence-corrected chi connectivity index (χ4v) is 2.57. The number of carboxylic acids is 1. The lowest BCUT2D eigenvalue weighted by atomic mass is 10.0. The highest BCUT2D eigenvalue weighted by Crippen LogP contribution is 2.38. The van der Waals surface area contributed by atoms with Gasteiger partial charge in [-0.3, -0.25) is 4.79 Å². The van der Waals surface area contributed by atoms with Gasteiger partial charge in [0.1, 0.15) is 11.4 Å². The van der Waals surface area contributed by atoms with Gasteiger partial charge in [0.2, 0.25) is 5.43 Å². The summed E-state index contributed by atoms with van der Waals surface area (Å²) in [7, 11) is 0. The summed E-state index contributed by atoms with van der Waals surface area (Å²) in [5.41, 5.74) is 0.926. The third kappa shape index (κ3) is 1.73. The first kappa shape index (κ1) is 12.8. The van der Waals surface area contributed by atoms with Crippen molar-refractivity contribution in [1.82, 2.24) is 4.57 Å². The van der Waals surface area contributed by atoms with Gasteiger partial charge < -0.3 is 9.67 Å². The van der Waals surface area contributed by atoms with E-state index in [1.165, 1.54) is 6.20 Å². The zero-order valence-electron chi connectivity index (χ0n) is 11.2. The van der Waals surface area contributed by atoms with Crippen LogP contribution in [-0.2, 0) is 0 Å². The Bertz CT molecular complexity index is 803. The molecule has 0 aliphatic heterocycles. The number of pyridine rings is 1. The SMILES string of the molecule is Cc1c(F)cc2c(=O)c(C(=O)O)cn(C3CC3)c2c1C. The molecule has 0 saturated heterocycles. The van der Waals surface area contributed by atoms with E-state index >= 15 is 0 Å². The van der Waals surface area contributed by atoms with Gasteiger partial charge >= 0.3 is 5.97 Å². The lowest BCUT2D eigenvalue weighted by Gasteiger charge is -2.15. The van der Waals surface area contributed by atoms with E-state index in [4.69, 9.17) is 5.11 Å². The van der Waals surface area contributed by atoms with Gasteiger partial charge in [0.25, 0.3) is 0 Å². The first-order valence-corrected chi connectivity index (χ1v) is 6.49. The number of carbonyl (C=O) groups is 1. The average molecular weight is 275 g/mol. The minimum atomic E-state index is -1.27. The summed E-state index contributed by atoms with van der Waals surface area (Å²) in [4.78, 5) is 23.4. The third-order valence-corrected chi connectivity index (χ3v) is 3.99. The van der Waals surface area contributed by atoms with Crippen LogP contribution in [0.4, 0.5) is 4.39 Å². The van der Waals surface area contributed by atoms with E-state index in [0.717, 1.165) is 18.9 Å². The molecule has 0 spiro atoms. The molecule has 1 N–H and O–H groups in total. The normalized spacial score (nSPS) is 14.8. The fraction of sp³-hybridized carbons (Fsp3) is 0.333. The van der Waals surface area contributed by atoms with E-state index in [2.05, 4.69) is 0 Å². The molecule has 1 aromatic carbocycles. The average Bonchev–Trinajstić information content (AvgIpc) is 3.21. The van der Waals surface area contributed by atoms with Crippen LogP contribution in [0.5, 0.6) is 0 Å². The van der Waals surface area contributed by atoms with Gasteiger partial charge in [0.05, 0.1) is 5.52 Å². The van der Waals surface area contributed by atoms with Crippen LogP contribution in [0.3, 0.4) is 0 Å². The number of aromatic carboxylic acids is 1. The smallest absolute Gasteiger partial charge is 0.341 e. The second kappa shape index (κ2) is 4.16. The molecule has 0 unspecified atom stereocenters. The Morgan fingerprint density at radius 2 is 2.00 bits per heavy atom. The summed E-state index contributed by atoms with van der Waals surface area (Å²) in [6.07, 6.45) is 3.30. The number of carboxylic acid groups (broad SMARTS) is 1. The van der Waals surface area contributed by atoms with E-state index in [0.29, 0.717) is 16.6 Å². The molecule has 1 heterocycles. The highest BCUT2D eigenvalue weighted by molar-refractivity contribution is 5.93. The molecule has 5 heteroatoms. The Morgan fingerprint density at radius 1 is 1.35 bits per heavy atom. The van der Waals surface area contributed by atoms with E-state index in [1.807, 2.05) is 4.57 Å². The summed E-state index contributed by atoms with van der Waals surface area (Å²) in [5.74, 6) is -1.75. The molecule has 0 atom stereocenters. The predicted molar refractivity (Wildman–Crippen MR) is 72.9 cm³/mol. The van der Waals surface area contributed by atoms with Crippen LogP contribution >= 0.6 is 0 Å². The molecule has 20 heavy (non-hydrogen) atoms. The standard InChI is InChI=1S/C15H14FNO3/c1-7-8(2)13-10(5-12(7)16)14(18)11(15(19)20)6-17(13)9-3-4-9/h5-6,9H,3-4H2,1-2H3,(H,19,20). The van der Waals surface area contributed by atoms with E-state index in [1.54, 1.807) is 13.8 Å². The molecular formula is C15H14FNO3. The minimum Gasteiger partial charge on any atom is -0.477 e. The molecule has 104 valence electrons. The number of hydrogen-bond donors (Lipinski definition) is 1. The highest BCUT2D eigenvalue weighted by Gasteiger charge is 2.28. The van der Waals surface area contributed by atoms with Crippen molar-refractivity contribution >= 4 is 16.9 Å². The molecule has 2 aromatic rings. The Balaban J connectivity index is 2.52. The number of halogens is 1. The molecule has 4 nitrogen and oxygen atoms in total. The van der Waals surface area contributed by atoms with E-state index in [9.17, 15) is 14.0 Å². The summed E-state index contributed by atoms with van der Waals surface area (Å²) in [5, 5.41) is 9.29. The third-order valence-electron chi connectivity index (χ3n) is 3.99. The van der Waals surface area contributed by atoms with E-state index < -0.39 is 17.2 Å². The molecule has 1 aromatic heterocycles. The van der Waals surface area contributed by atoms with E-state index in [-0.39, 0.29) is 17.0 Å². The summed E-state index contributed by atoms with van der Waals surface area (Å²) in [6, 6.07) is 1.37. The molecule has 1 saturated carbocycles. The maximum Gasteiger partial charge on any atom is 0.341 e. The number of rotatable bonds is 2. The van der Waals surface area contributed by atoms with Gasteiger partial charge in [-0.1, -0.05) is 0 Å². The minimum absolute atomic E-state index is 0.150. The Kier molecular flexibility index (Phi) is 2.67. The Morgan fingerprint density at radius 3 is 2.55 bits per heavy atom. The molecular weight excluding hydrogens is 261 g/mol. The number of benzene rings is 1. The van der Waals surface area contributed by atoms with Gasteiger partial charge in [0.15, 0.2) is 0 Å². The van der Waals surface area contributed by atoms with Crippen molar-refractivity contribution in [1.29, 1.82) is 0 Å². The van der Waals surface area contributed by atoms with Gasteiger partial charge in [-0.2, -0.15) is 0 Å². The summed E-state index contributed by atoms with van der Waals surface area (Å²) in [6.45, 7) is 3.43. The molecule has 3 rings (SSSR count). The highest BCUT2D eigenvalue weighted by atomic mass is 19.1. The van der Waals surface area contributed by atoms with Crippen LogP contribution in [0.2, 0.25) is 0 Å². The maximum atomic E-state index is 13.9. The lowest BCUT2D eigenvalue weighted by molar-refractivity contribution is 0.0695. The zero-order chi connectivity index (χ0) is 14.6. The quantitative estimate of drug-likeness (QED) is 0.916. The number of nitrogens with zero attached hydrogens (tertiary/aromatic N) is 1. The largest absolute Gasteiger partial charge is 0.477 e. The summed E-state index contributed by atoms with van der Waals surface area (Å²) < 4.78 is 15.7. The number of aryl methyl sites for hydroxylation is 1. The molecule has 1 fully saturated rings. The predicted octanol–water partition coefficient (Wildman–Crippen LogP) is 2.79. The van der Waals surface area contributed by atoms with Crippen molar-refractivity contribution in [3.8, 4) is 0 Å². The number of hydrogen-bond acceptors (Lipinski definition) is 2. The van der Waals surface area contributed by atoms with Crippen molar-refractivity contribution < 1.29 is 14.3 Å². The second-order valence-corrected chi connectivity index (χ2v) is 5.32. The van der Waals surface area contributed by atoms with Gasteiger partial charge in [-0.15, -0.1) is 0 Å². The van der Waals surface area contributed by atoms with Gasteiger partial charge in [-0.25, -0.2) is 9.18 Å². The van der Waals surface area contributed by atoms with Crippen molar-refractivity contribution in [3.63, 3.8) is 0 Å². The van der Waals surface area contributed by atoms with Crippen LogP contribution in [0.1, 0.15) is 40.4 Å². The summed E-state index contributed by atoms with van der Waals surface area (Å²) >= 11 is 0. The Labute approximate surface area is 114 Å². The number of fused-ring (bicyclic) bond motifs is 1. The topological polar surface area (TPSA) is 59.3 Å². The molecule has 0 bridgehead atoms. The second-order valence-electron chi connectivity index (χ2n) is 5.32. The van der Waals surface area contributed by atoms with Crippen molar-refractivity contribution in [2.45, 2.75) is 32.7 Å². The van der Waals surface area contributed by atoms with Crippen LogP contribution in [0.15, 0.2) is 17.1 Å². The zero-order valence-corrected chi connectivity index (χ0v) is 11.2. The Hall–Kier alpha value is -2.17. The molecule has 1 aliphatic rings. The van der Waals surface area contributed by atoms with Crippen molar-refractivity contribution in [2.24, 2.45) is 0 Å². The molecule has 1 aliphatic carbocycles. The van der Waals surface area contributed by atoms with Crippen LogP contribution in [-0.4, -0.2) is 15.6 Å². The lowest BCUT2D eigenvalue weighted by Crippen LogP contribution is -2.19. The van der Waals surface area contributed by atoms with Crippen molar-refractivity contribution in [2.75, 3.05) is 0 Å². The number of aromatic nitrogens is 1. The first-order valence-electron chi connectivity index (χ1n) is 6.49. The van der Waals surface area contributed by atoms with Crippen LogP contribution in [0.25, 0.3) is 10.9 Å². The van der Waals surface area contributed by atoms with Crippen LogP contribution < -0.4 is 5.43 Å². The van der Waals surface area contributed by atoms with Crippen molar-refractivity contribution in [3.05, 3.63) is 45.0 Å². The fourth-order valence-electron chi connectivity index (χ4n) is 2.57. The maximum absolute atomic E-state index is 13.9. The molecule has 0 amide bonds. The van der Waals surface area contributed by atoms with Crippen LogP contribution in [0, 0.1) is 19.7 Å². The van der Waals surface area contributed by atoms with Gasteiger partial charge in [-0.05, 0) is 43.9 Å². The van der Waals surface area contributed by atoms with Gasteiger partial charge in [0, 0.05) is 17.6 Å². The first-order chi connectivity index (χ1) is 9.41.